The number of benzene rings is 1. The van der Waals surface area contributed by atoms with Crippen LogP contribution in [0, 0.1) is 17.5 Å². The highest BCUT2D eigenvalue weighted by molar-refractivity contribution is 5.24. The van der Waals surface area contributed by atoms with Crippen LogP contribution in [-0.4, -0.2) is 4.98 Å². The Hall–Kier alpha value is -1.92. The molecule has 100 valence electrons. The van der Waals surface area contributed by atoms with Crippen LogP contribution in [0.1, 0.15) is 17.2 Å². The molecule has 0 fully saturated rings. The topological polar surface area (TPSA) is 50.9 Å². The van der Waals surface area contributed by atoms with Crippen molar-refractivity contribution >= 4 is 0 Å². The average Bonchev–Trinajstić information content (AvgIpc) is 2.41. The first-order chi connectivity index (χ1) is 9.11. The summed E-state index contributed by atoms with van der Waals surface area (Å²) in [7, 11) is 0. The van der Waals surface area contributed by atoms with Crippen molar-refractivity contribution in [1.29, 1.82) is 0 Å². The van der Waals surface area contributed by atoms with Gasteiger partial charge >= 0.3 is 0 Å². The van der Waals surface area contributed by atoms with Gasteiger partial charge in [-0.15, -0.1) is 0 Å². The summed E-state index contributed by atoms with van der Waals surface area (Å²) in [6, 6.07) is 4.47. The van der Waals surface area contributed by atoms with E-state index in [0.717, 1.165) is 18.3 Å². The van der Waals surface area contributed by atoms with Gasteiger partial charge in [-0.2, -0.15) is 0 Å². The first kappa shape index (κ1) is 13.5. The van der Waals surface area contributed by atoms with E-state index in [2.05, 4.69) is 10.4 Å². The average molecular weight is 267 g/mol. The van der Waals surface area contributed by atoms with Crippen molar-refractivity contribution in [2.75, 3.05) is 0 Å². The fraction of sp³-hybridized carbons (Fsp3) is 0.154. The highest BCUT2D eigenvalue weighted by Gasteiger charge is 2.15. The van der Waals surface area contributed by atoms with Gasteiger partial charge in [-0.3, -0.25) is 16.3 Å². The normalized spacial score (nSPS) is 12.4. The number of hydrazine groups is 1. The van der Waals surface area contributed by atoms with Gasteiger partial charge in [0.1, 0.15) is 5.82 Å². The quantitative estimate of drug-likeness (QED) is 0.660. The lowest BCUT2D eigenvalue weighted by atomic mass is 10.00. The van der Waals surface area contributed by atoms with Crippen LogP contribution >= 0.6 is 0 Å². The van der Waals surface area contributed by atoms with E-state index < -0.39 is 23.5 Å². The molecule has 0 radical (unpaired) electrons. The van der Waals surface area contributed by atoms with Gasteiger partial charge < -0.3 is 0 Å². The first-order valence-corrected chi connectivity index (χ1v) is 5.61. The van der Waals surface area contributed by atoms with E-state index in [-0.39, 0.29) is 6.42 Å². The number of nitrogens with one attached hydrogen (secondary N) is 1. The number of nitrogens with two attached hydrogens (primary N) is 1. The molecule has 3 nitrogen and oxygen atoms in total. The third kappa shape index (κ3) is 3.10. The van der Waals surface area contributed by atoms with Crippen LogP contribution in [0.25, 0.3) is 0 Å². The maximum atomic E-state index is 13.6. The Morgan fingerprint density at radius 1 is 1.11 bits per heavy atom. The Labute approximate surface area is 108 Å². The lowest BCUT2D eigenvalue weighted by Gasteiger charge is -2.17. The van der Waals surface area contributed by atoms with Crippen LogP contribution in [0.15, 0.2) is 36.7 Å². The second-order valence-electron chi connectivity index (χ2n) is 4.07. The van der Waals surface area contributed by atoms with Gasteiger partial charge in [0, 0.05) is 11.8 Å². The molecule has 6 heteroatoms. The third-order valence-electron chi connectivity index (χ3n) is 2.80. The molecule has 3 N–H and O–H groups in total. The monoisotopic (exact) mass is 267 g/mol. The van der Waals surface area contributed by atoms with Gasteiger partial charge in [0.2, 0.25) is 0 Å². The lowest BCUT2D eigenvalue weighted by molar-refractivity contribution is 0.494. The number of hydrogen-bond acceptors (Lipinski definition) is 3. The molecule has 1 atom stereocenters. The summed E-state index contributed by atoms with van der Waals surface area (Å²) >= 11 is 0. The van der Waals surface area contributed by atoms with Crippen LogP contribution in [-0.2, 0) is 6.42 Å². The van der Waals surface area contributed by atoms with Crippen LogP contribution in [0.5, 0.6) is 0 Å². The Bertz CT molecular complexity index is 575. The molecule has 1 heterocycles. The van der Waals surface area contributed by atoms with E-state index in [1.807, 2.05) is 0 Å². The second kappa shape index (κ2) is 5.81. The van der Waals surface area contributed by atoms with Crippen LogP contribution in [0.2, 0.25) is 0 Å². The molecule has 0 saturated heterocycles. The molecule has 0 bridgehead atoms. The fourth-order valence-electron chi connectivity index (χ4n) is 1.83. The van der Waals surface area contributed by atoms with Crippen LogP contribution < -0.4 is 11.3 Å². The standard InChI is InChI=1S/C13H12F3N3/c14-10-2-1-8(5-11(10)15)6-13(19-17)9-3-4-18-7-12(9)16/h1-5,7,13,19H,6,17H2. The Morgan fingerprint density at radius 2 is 1.89 bits per heavy atom. The summed E-state index contributed by atoms with van der Waals surface area (Å²) in [6.07, 6.45) is 2.74. The number of aromatic nitrogens is 1. The van der Waals surface area contributed by atoms with E-state index >= 15 is 0 Å². The smallest absolute Gasteiger partial charge is 0.159 e. The predicted octanol–water partition coefficient (Wildman–Crippen LogP) is 2.25. The SMILES string of the molecule is NNC(Cc1ccc(F)c(F)c1)c1ccncc1F. The molecule has 1 aromatic heterocycles. The highest BCUT2D eigenvalue weighted by atomic mass is 19.2. The van der Waals surface area contributed by atoms with Crippen molar-refractivity contribution in [3.05, 3.63) is 65.2 Å². The van der Waals surface area contributed by atoms with Gasteiger partial charge in [0.25, 0.3) is 0 Å². The second-order valence-corrected chi connectivity index (χ2v) is 4.07. The van der Waals surface area contributed by atoms with Crippen molar-refractivity contribution in [2.24, 2.45) is 5.84 Å². The fourth-order valence-corrected chi connectivity index (χ4v) is 1.83. The van der Waals surface area contributed by atoms with E-state index in [1.54, 1.807) is 0 Å². The van der Waals surface area contributed by atoms with E-state index in [9.17, 15) is 13.2 Å². The van der Waals surface area contributed by atoms with Crippen LogP contribution in [0.3, 0.4) is 0 Å². The van der Waals surface area contributed by atoms with E-state index in [0.29, 0.717) is 11.1 Å². The molecule has 1 aromatic carbocycles. The van der Waals surface area contributed by atoms with Gasteiger partial charge in [-0.25, -0.2) is 13.2 Å². The van der Waals surface area contributed by atoms with Crippen molar-refractivity contribution in [2.45, 2.75) is 12.5 Å². The zero-order chi connectivity index (χ0) is 13.8. The molecule has 0 aliphatic carbocycles. The van der Waals surface area contributed by atoms with Gasteiger partial charge in [0.15, 0.2) is 11.6 Å². The molecule has 19 heavy (non-hydrogen) atoms. The van der Waals surface area contributed by atoms with E-state index in [1.165, 1.54) is 18.3 Å². The molecule has 0 saturated carbocycles. The molecule has 1 unspecified atom stereocenters. The zero-order valence-electron chi connectivity index (χ0n) is 9.91. The summed E-state index contributed by atoms with van der Waals surface area (Å²) < 4.78 is 39.5. The van der Waals surface area contributed by atoms with Crippen molar-refractivity contribution in [1.82, 2.24) is 10.4 Å². The summed E-state index contributed by atoms with van der Waals surface area (Å²) in [5.41, 5.74) is 3.29. The van der Waals surface area contributed by atoms with Gasteiger partial charge in [-0.1, -0.05) is 6.07 Å². The minimum Gasteiger partial charge on any atom is -0.271 e. The molecule has 0 amide bonds. The van der Waals surface area contributed by atoms with E-state index in [4.69, 9.17) is 5.84 Å². The molecular weight excluding hydrogens is 255 g/mol. The number of pyridine rings is 1. The van der Waals surface area contributed by atoms with Gasteiger partial charge in [-0.05, 0) is 30.2 Å². The minimum atomic E-state index is -0.941. The predicted molar refractivity (Wildman–Crippen MR) is 64.3 cm³/mol. The Balaban J connectivity index is 2.24. The van der Waals surface area contributed by atoms with Crippen molar-refractivity contribution in [3.63, 3.8) is 0 Å². The van der Waals surface area contributed by atoms with Crippen molar-refractivity contribution < 1.29 is 13.2 Å². The van der Waals surface area contributed by atoms with Crippen LogP contribution in [0.4, 0.5) is 13.2 Å². The Kier molecular flexibility index (Phi) is 4.13. The maximum Gasteiger partial charge on any atom is 0.159 e. The summed E-state index contributed by atoms with van der Waals surface area (Å²) in [5.74, 6) is 3.02. The number of rotatable bonds is 4. The maximum absolute atomic E-state index is 13.6. The molecule has 2 rings (SSSR count). The molecular formula is C13H12F3N3. The largest absolute Gasteiger partial charge is 0.271 e. The summed E-state index contributed by atoms with van der Waals surface area (Å²) in [6.45, 7) is 0. The summed E-state index contributed by atoms with van der Waals surface area (Å²) in [4.78, 5) is 3.64. The first-order valence-electron chi connectivity index (χ1n) is 5.61. The molecule has 0 spiro atoms. The zero-order valence-corrected chi connectivity index (χ0v) is 9.91. The molecule has 0 aliphatic rings. The number of halogens is 3. The number of hydrogen-bond donors (Lipinski definition) is 2. The molecule has 0 aliphatic heterocycles. The van der Waals surface area contributed by atoms with Gasteiger partial charge in [0.05, 0.1) is 12.2 Å². The minimum absolute atomic E-state index is 0.231. The lowest BCUT2D eigenvalue weighted by Crippen LogP contribution is -2.30. The molecule has 2 aromatic rings. The summed E-state index contributed by atoms with van der Waals surface area (Å²) in [5, 5.41) is 0. The highest BCUT2D eigenvalue weighted by Crippen LogP contribution is 2.20. The number of nitrogens with zero attached hydrogens (tertiary/aromatic N) is 1. The third-order valence-corrected chi connectivity index (χ3v) is 2.80. The van der Waals surface area contributed by atoms with Crippen molar-refractivity contribution in [3.8, 4) is 0 Å². The Morgan fingerprint density at radius 3 is 2.53 bits per heavy atom.